The molecule has 0 saturated carbocycles. The molecule has 0 unspecified atom stereocenters. The standard InChI is InChI=1S/C21H21N5O4S/c1-3-12-25-19(13-30-18-7-5-4-6-15(18)2)23-24-21(25)31-14-20(27)22-16-8-10-17(11-9-16)26(28)29/h3-11H,1,12-14H2,2H3,(H,22,27). The summed E-state index contributed by atoms with van der Waals surface area (Å²) in [5, 5.41) is 22.3. The number of nitro benzene ring substituents is 1. The Morgan fingerprint density at radius 2 is 2.00 bits per heavy atom. The lowest BCUT2D eigenvalue weighted by Crippen LogP contribution is -2.15. The summed E-state index contributed by atoms with van der Waals surface area (Å²) < 4.78 is 7.70. The van der Waals surface area contributed by atoms with Crippen molar-refractivity contribution in [1.82, 2.24) is 14.8 Å². The van der Waals surface area contributed by atoms with Gasteiger partial charge in [0.15, 0.2) is 11.0 Å². The fourth-order valence-corrected chi connectivity index (χ4v) is 3.47. The Hall–Kier alpha value is -3.66. The number of non-ortho nitro benzene ring substituents is 1. The monoisotopic (exact) mass is 439 g/mol. The van der Waals surface area contributed by atoms with E-state index in [-0.39, 0.29) is 24.0 Å². The van der Waals surface area contributed by atoms with E-state index in [2.05, 4.69) is 22.1 Å². The first kappa shape index (κ1) is 22.0. The normalized spacial score (nSPS) is 10.5. The number of carbonyl (C=O) groups excluding carboxylic acids is 1. The Labute approximate surface area is 183 Å². The molecule has 3 rings (SSSR count). The van der Waals surface area contributed by atoms with Gasteiger partial charge in [0.2, 0.25) is 5.91 Å². The molecule has 31 heavy (non-hydrogen) atoms. The number of para-hydroxylation sites is 1. The number of carbonyl (C=O) groups is 1. The van der Waals surface area contributed by atoms with Gasteiger partial charge in [-0.1, -0.05) is 36.0 Å². The second-order valence-corrected chi connectivity index (χ2v) is 7.44. The Bertz CT molecular complexity index is 1080. The van der Waals surface area contributed by atoms with Gasteiger partial charge >= 0.3 is 0 Å². The van der Waals surface area contributed by atoms with Crippen LogP contribution in [0.2, 0.25) is 0 Å². The Kier molecular flexibility index (Phi) is 7.39. The highest BCUT2D eigenvalue weighted by Crippen LogP contribution is 2.21. The van der Waals surface area contributed by atoms with Crippen LogP contribution in [0.25, 0.3) is 0 Å². The predicted molar refractivity (Wildman–Crippen MR) is 118 cm³/mol. The van der Waals surface area contributed by atoms with E-state index in [9.17, 15) is 14.9 Å². The first-order chi connectivity index (χ1) is 15.0. The molecule has 0 saturated heterocycles. The van der Waals surface area contributed by atoms with Gasteiger partial charge < -0.3 is 10.1 Å². The van der Waals surface area contributed by atoms with Crippen molar-refractivity contribution in [2.24, 2.45) is 0 Å². The summed E-state index contributed by atoms with van der Waals surface area (Å²) in [5.74, 6) is 1.24. The zero-order valence-corrected chi connectivity index (χ0v) is 17.7. The molecule has 10 heteroatoms. The van der Waals surface area contributed by atoms with E-state index in [1.807, 2.05) is 35.8 Å². The summed E-state index contributed by atoms with van der Waals surface area (Å²) in [6, 6.07) is 13.4. The van der Waals surface area contributed by atoms with Crippen molar-refractivity contribution < 1.29 is 14.5 Å². The van der Waals surface area contributed by atoms with Crippen molar-refractivity contribution in [1.29, 1.82) is 0 Å². The molecule has 160 valence electrons. The SMILES string of the molecule is C=CCn1c(COc2ccccc2C)nnc1SCC(=O)Nc1ccc([N+](=O)[O-])cc1. The van der Waals surface area contributed by atoms with E-state index in [4.69, 9.17) is 4.74 Å². The maximum atomic E-state index is 12.3. The minimum atomic E-state index is -0.492. The maximum Gasteiger partial charge on any atom is 0.269 e. The molecule has 0 aliphatic heterocycles. The van der Waals surface area contributed by atoms with Crippen molar-refractivity contribution in [2.45, 2.75) is 25.2 Å². The van der Waals surface area contributed by atoms with Gasteiger partial charge in [-0.15, -0.1) is 16.8 Å². The molecule has 0 radical (unpaired) electrons. The molecule has 0 fully saturated rings. The quantitative estimate of drug-likeness (QED) is 0.220. The van der Waals surface area contributed by atoms with Gasteiger partial charge in [0.05, 0.1) is 10.7 Å². The van der Waals surface area contributed by atoms with Crippen molar-refractivity contribution in [3.8, 4) is 5.75 Å². The third-order valence-electron chi connectivity index (χ3n) is 4.25. The number of ether oxygens (including phenoxy) is 1. The number of thioether (sulfide) groups is 1. The van der Waals surface area contributed by atoms with Crippen LogP contribution in [0.15, 0.2) is 66.3 Å². The second-order valence-electron chi connectivity index (χ2n) is 6.49. The molecule has 0 bridgehead atoms. The van der Waals surface area contributed by atoms with E-state index in [1.54, 1.807) is 6.08 Å². The lowest BCUT2D eigenvalue weighted by molar-refractivity contribution is -0.384. The highest BCUT2D eigenvalue weighted by molar-refractivity contribution is 7.99. The summed E-state index contributed by atoms with van der Waals surface area (Å²) in [4.78, 5) is 22.5. The first-order valence-corrected chi connectivity index (χ1v) is 10.3. The molecule has 2 aromatic carbocycles. The molecule has 3 aromatic rings. The number of aryl methyl sites for hydroxylation is 1. The second kappa shape index (κ2) is 10.4. The molecule has 0 spiro atoms. The zero-order valence-electron chi connectivity index (χ0n) is 16.9. The van der Waals surface area contributed by atoms with E-state index in [0.29, 0.717) is 23.2 Å². The summed E-state index contributed by atoms with van der Waals surface area (Å²) in [6.07, 6.45) is 1.72. The molecule has 0 aliphatic carbocycles. The minimum absolute atomic E-state index is 0.0367. The summed E-state index contributed by atoms with van der Waals surface area (Å²) in [5.41, 5.74) is 1.47. The lowest BCUT2D eigenvalue weighted by atomic mass is 10.2. The fourth-order valence-electron chi connectivity index (χ4n) is 2.70. The van der Waals surface area contributed by atoms with Crippen LogP contribution >= 0.6 is 11.8 Å². The Balaban J connectivity index is 1.60. The first-order valence-electron chi connectivity index (χ1n) is 9.36. The van der Waals surface area contributed by atoms with Crippen molar-refractivity contribution in [2.75, 3.05) is 11.1 Å². The molecule has 1 aromatic heterocycles. The fraction of sp³-hybridized carbons (Fsp3) is 0.190. The Morgan fingerprint density at radius 3 is 2.68 bits per heavy atom. The van der Waals surface area contributed by atoms with Gasteiger partial charge in [-0.3, -0.25) is 19.5 Å². The van der Waals surface area contributed by atoms with Crippen LogP contribution in [-0.2, 0) is 17.9 Å². The Morgan fingerprint density at radius 1 is 1.26 bits per heavy atom. The molecular formula is C21H21N5O4S. The average molecular weight is 439 g/mol. The number of hydrogen-bond acceptors (Lipinski definition) is 7. The predicted octanol–water partition coefficient (Wildman–Crippen LogP) is 3.99. The van der Waals surface area contributed by atoms with Crippen LogP contribution in [0.5, 0.6) is 5.75 Å². The minimum Gasteiger partial charge on any atom is -0.485 e. The number of nitrogens with one attached hydrogen (secondary N) is 1. The van der Waals surface area contributed by atoms with E-state index < -0.39 is 4.92 Å². The van der Waals surface area contributed by atoms with Gasteiger partial charge in [-0.2, -0.15) is 0 Å². The smallest absolute Gasteiger partial charge is 0.269 e. The number of anilines is 1. The summed E-state index contributed by atoms with van der Waals surface area (Å²) >= 11 is 1.23. The van der Waals surface area contributed by atoms with Crippen LogP contribution in [0.1, 0.15) is 11.4 Å². The number of allylic oxidation sites excluding steroid dienone is 1. The number of hydrogen-bond donors (Lipinski definition) is 1. The van der Waals surface area contributed by atoms with Gasteiger partial charge in [0, 0.05) is 24.4 Å². The number of benzene rings is 2. The van der Waals surface area contributed by atoms with Gasteiger partial charge in [0.25, 0.3) is 5.69 Å². The van der Waals surface area contributed by atoms with Crippen molar-refractivity contribution >= 4 is 29.0 Å². The van der Waals surface area contributed by atoms with E-state index >= 15 is 0 Å². The third kappa shape index (κ3) is 5.92. The average Bonchev–Trinajstić information content (AvgIpc) is 3.14. The van der Waals surface area contributed by atoms with Gasteiger partial charge in [-0.25, -0.2) is 0 Å². The van der Waals surface area contributed by atoms with E-state index in [0.717, 1.165) is 11.3 Å². The number of amides is 1. The number of nitro groups is 1. The zero-order chi connectivity index (χ0) is 22.2. The lowest BCUT2D eigenvalue weighted by Gasteiger charge is -2.10. The summed E-state index contributed by atoms with van der Waals surface area (Å²) in [7, 11) is 0. The molecule has 1 heterocycles. The molecule has 0 atom stereocenters. The molecule has 1 amide bonds. The highest BCUT2D eigenvalue weighted by Gasteiger charge is 2.15. The third-order valence-corrected chi connectivity index (χ3v) is 5.22. The van der Waals surface area contributed by atoms with Crippen molar-refractivity contribution in [3.05, 3.63) is 82.7 Å². The van der Waals surface area contributed by atoms with Crippen LogP contribution in [0.4, 0.5) is 11.4 Å². The van der Waals surface area contributed by atoms with Crippen LogP contribution < -0.4 is 10.1 Å². The number of rotatable bonds is 10. The highest BCUT2D eigenvalue weighted by atomic mass is 32.2. The molecule has 0 aliphatic rings. The molecule has 1 N–H and O–H groups in total. The van der Waals surface area contributed by atoms with Crippen LogP contribution in [-0.4, -0.2) is 31.3 Å². The number of nitrogens with zero attached hydrogens (tertiary/aromatic N) is 4. The molecular weight excluding hydrogens is 418 g/mol. The van der Waals surface area contributed by atoms with Gasteiger partial charge in [0.1, 0.15) is 12.4 Å². The van der Waals surface area contributed by atoms with E-state index in [1.165, 1.54) is 36.0 Å². The topological polar surface area (TPSA) is 112 Å². The van der Waals surface area contributed by atoms with Crippen molar-refractivity contribution in [3.63, 3.8) is 0 Å². The largest absolute Gasteiger partial charge is 0.485 e. The van der Waals surface area contributed by atoms with Crippen LogP contribution in [0, 0.1) is 17.0 Å². The number of aromatic nitrogens is 3. The van der Waals surface area contributed by atoms with Gasteiger partial charge in [-0.05, 0) is 30.7 Å². The maximum absolute atomic E-state index is 12.3. The summed E-state index contributed by atoms with van der Waals surface area (Å²) in [6.45, 7) is 6.45. The molecule has 9 nitrogen and oxygen atoms in total. The van der Waals surface area contributed by atoms with Crippen LogP contribution in [0.3, 0.4) is 0 Å².